The van der Waals surface area contributed by atoms with Crippen molar-refractivity contribution in [1.82, 2.24) is 0 Å². The number of ether oxygens (including phenoxy) is 1. The number of carbonyl (C=O) groups is 2. The summed E-state index contributed by atoms with van der Waals surface area (Å²) >= 11 is 0. The van der Waals surface area contributed by atoms with Crippen LogP contribution in [0.2, 0.25) is 0 Å². The second kappa shape index (κ2) is 4.80. The zero-order valence-electron chi connectivity index (χ0n) is 13.8. The Kier molecular flexibility index (Phi) is 2.94. The quantitative estimate of drug-likeness (QED) is 0.757. The summed E-state index contributed by atoms with van der Waals surface area (Å²) in [5, 5.41) is 22.6. The molecule has 3 aliphatic carbocycles. The molecule has 1 aromatic carbocycles. The van der Waals surface area contributed by atoms with Crippen LogP contribution in [-0.4, -0.2) is 27.6 Å². The average Bonchev–Trinajstić information content (AvgIpc) is 2.85. The molecule has 5 nitrogen and oxygen atoms in total. The minimum atomic E-state index is -1.76. The number of allylic oxidation sites excluding steroid dienone is 2. The van der Waals surface area contributed by atoms with Crippen LogP contribution >= 0.6 is 0 Å². The number of carbonyl (C=O) groups excluding carboxylic acids is 2. The first-order valence-corrected chi connectivity index (χ1v) is 8.98. The summed E-state index contributed by atoms with van der Waals surface area (Å²) in [7, 11) is 0. The van der Waals surface area contributed by atoms with Crippen LogP contribution in [0.4, 0.5) is 0 Å². The lowest BCUT2D eigenvalue weighted by Crippen LogP contribution is -2.63. The van der Waals surface area contributed by atoms with E-state index in [-0.39, 0.29) is 24.4 Å². The molecule has 0 aromatic heterocycles. The molecule has 130 valence electrons. The van der Waals surface area contributed by atoms with E-state index >= 15 is 0 Å². The van der Waals surface area contributed by atoms with Gasteiger partial charge in [0.15, 0.2) is 5.78 Å². The number of hydrogen-bond donors (Lipinski definition) is 2. The predicted octanol–water partition coefficient (Wildman–Crippen LogP) is 2.28. The van der Waals surface area contributed by atoms with Crippen molar-refractivity contribution in [1.29, 1.82) is 0 Å². The van der Waals surface area contributed by atoms with E-state index in [2.05, 4.69) is 0 Å². The lowest BCUT2D eigenvalue weighted by atomic mass is 9.56. The summed E-state index contributed by atoms with van der Waals surface area (Å²) in [4.78, 5) is 25.9. The Balaban J connectivity index is 1.87. The highest BCUT2D eigenvalue weighted by molar-refractivity contribution is 6.02. The van der Waals surface area contributed by atoms with Crippen LogP contribution in [0.3, 0.4) is 0 Å². The highest BCUT2D eigenvalue weighted by atomic mass is 16.6. The van der Waals surface area contributed by atoms with Gasteiger partial charge in [0, 0.05) is 37.2 Å². The van der Waals surface area contributed by atoms with E-state index < -0.39 is 23.2 Å². The molecule has 4 atom stereocenters. The van der Waals surface area contributed by atoms with Crippen LogP contribution in [0.25, 0.3) is 0 Å². The standard InChI is InChI=1S/C20H20O5/c21-13-7-3-8-14-16(13)17-11-5-1-2-6-12(11)18(23)20(17)15(22)9-4-10-19(20,24)25-14/h1-2,5-6,17-18,23-24H,3-4,7-10H2/t17-,18+,19+,20+/m1/s1. The van der Waals surface area contributed by atoms with Gasteiger partial charge in [-0.05, 0) is 24.0 Å². The van der Waals surface area contributed by atoms with E-state index in [0.717, 1.165) is 5.56 Å². The normalized spacial score (nSPS) is 39.3. The smallest absolute Gasteiger partial charge is 0.224 e. The summed E-state index contributed by atoms with van der Waals surface area (Å²) in [5.74, 6) is -2.11. The summed E-state index contributed by atoms with van der Waals surface area (Å²) in [6.45, 7) is 0. The van der Waals surface area contributed by atoms with E-state index in [1.807, 2.05) is 12.1 Å². The van der Waals surface area contributed by atoms with Crippen LogP contribution in [0.5, 0.6) is 0 Å². The largest absolute Gasteiger partial charge is 0.465 e. The molecule has 0 bridgehead atoms. The summed E-state index contributed by atoms with van der Waals surface area (Å²) in [5.41, 5.74) is 0.377. The lowest BCUT2D eigenvalue weighted by molar-refractivity contribution is -0.291. The molecular weight excluding hydrogens is 320 g/mol. The molecule has 5 heteroatoms. The van der Waals surface area contributed by atoms with Gasteiger partial charge in [0.25, 0.3) is 0 Å². The van der Waals surface area contributed by atoms with Crippen LogP contribution in [0.15, 0.2) is 35.6 Å². The molecule has 1 aromatic rings. The molecule has 1 aliphatic heterocycles. The molecule has 1 fully saturated rings. The zero-order chi connectivity index (χ0) is 17.4. The second-order valence-electron chi connectivity index (χ2n) is 7.61. The topological polar surface area (TPSA) is 83.8 Å². The van der Waals surface area contributed by atoms with Crippen molar-refractivity contribution >= 4 is 11.6 Å². The van der Waals surface area contributed by atoms with Gasteiger partial charge in [-0.2, -0.15) is 0 Å². The van der Waals surface area contributed by atoms with Gasteiger partial charge in [-0.15, -0.1) is 0 Å². The molecule has 0 amide bonds. The number of hydrogen-bond acceptors (Lipinski definition) is 5. The molecule has 1 saturated carbocycles. The van der Waals surface area contributed by atoms with Crippen molar-refractivity contribution in [2.24, 2.45) is 5.41 Å². The van der Waals surface area contributed by atoms with Crippen molar-refractivity contribution in [3.8, 4) is 0 Å². The number of Topliss-reactive ketones (excluding diaryl/α,β-unsaturated/α-hetero) is 2. The van der Waals surface area contributed by atoms with Crippen LogP contribution in [-0.2, 0) is 14.3 Å². The molecule has 0 unspecified atom stereocenters. The Morgan fingerprint density at radius 3 is 2.60 bits per heavy atom. The maximum Gasteiger partial charge on any atom is 0.224 e. The SMILES string of the molecule is O=C1CCCC2=C1[C@H]1c3ccccc3[C@H](O)[C@]13C(=O)CCC[C@]3(O)O2. The Labute approximate surface area is 145 Å². The fraction of sp³-hybridized carbons (Fsp3) is 0.500. The molecule has 0 radical (unpaired) electrons. The van der Waals surface area contributed by atoms with E-state index in [4.69, 9.17) is 4.74 Å². The van der Waals surface area contributed by atoms with Crippen LogP contribution in [0, 0.1) is 5.41 Å². The number of ketones is 2. The van der Waals surface area contributed by atoms with Gasteiger partial charge in [-0.25, -0.2) is 0 Å². The van der Waals surface area contributed by atoms with Gasteiger partial charge in [-0.3, -0.25) is 9.59 Å². The number of aliphatic hydroxyl groups is 2. The van der Waals surface area contributed by atoms with E-state index in [1.54, 1.807) is 12.1 Å². The Morgan fingerprint density at radius 2 is 1.80 bits per heavy atom. The molecule has 5 rings (SSSR count). The summed E-state index contributed by atoms with van der Waals surface area (Å²) in [6.07, 6.45) is 1.60. The van der Waals surface area contributed by atoms with E-state index in [0.29, 0.717) is 42.6 Å². The van der Waals surface area contributed by atoms with Crippen molar-refractivity contribution in [3.63, 3.8) is 0 Å². The van der Waals surface area contributed by atoms with Gasteiger partial charge in [0.1, 0.15) is 17.0 Å². The highest BCUT2D eigenvalue weighted by Crippen LogP contribution is 2.69. The first kappa shape index (κ1) is 15.3. The molecular formula is C20H20O5. The van der Waals surface area contributed by atoms with Gasteiger partial charge in [0.05, 0.1) is 6.10 Å². The molecule has 1 spiro atoms. The Morgan fingerprint density at radius 1 is 1.04 bits per heavy atom. The fourth-order valence-corrected chi connectivity index (χ4v) is 5.53. The second-order valence-corrected chi connectivity index (χ2v) is 7.61. The molecule has 0 saturated heterocycles. The van der Waals surface area contributed by atoms with Crippen LogP contribution in [0.1, 0.15) is 61.7 Å². The maximum atomic E-state index is 13.2. The maximum absolute atomic E-state index is 13.2. The fourth-order valence-electron chi connectivity index (χ4n) is 5.53. The van der Waals surface area contributed by atoms with Gasteiger partial charge in [0.2, 0.25) is 5.79 Å². The third-order valence-corrected chi connectivity index (χ3v) is 6.50. The van der Waals surface area contributed by atoms with Gasteiger partial charge in [-0.1, -0.05) is 24.3 Å². The number of fused-ring (bicyclic) bond motifs is 3. The molecule has 4 aliphatic rings. The monoisotopic (exact) mass is 340 g/mol. The third-order valence-electron chi connectivity index (χ3n) is 6.50. The molecule has 2 N–H and O–H groups in total. The number of rotatable bonds is 0. The summed E-state index contributed by atoms with van der Waals surface area (Å²) in [6, 6.07) is 7.29. The molecule has 25 heavy (non-hydrogen) atoms. The average molecular weight is 340 g/mol. The van der Waals surface area contributed by atoms with E-state index in [9.17, 15) is 19.8 Å². The van der Waals surface area contributed by atoms with Crippen molar-refractivity contribution in [3.05, 3.63) is 46.7 Å². The van der Waals surface area contributed by atoms with Crippen molar-refractivity contribution in [2.75, 3.05) is 0 Å². The Bertz CT molecular complexity index is 840. The van der Waals surface area contributed by atoms with Crippen LogP contribution < -0.4 is 0 Å². The first-order valence-electron chi connectivity index (χ1n) is 8.98. The lowest BCUT2D eigenvalue weighted by Gasteiger charge is -2.55. The number of benzene rings is 1. The predicted molar refractivity (Wildman–Crippen MR) is 87.4 cm³/mol. The highest BCUT2D eigenvalue weighted by Gasteiger charge is 2.74. The van der Waals surface area contributed by atoms with Crippen molar-refractivity contribution in [2.45, 2.75) is 56.3 Å². The molecule has 1 heterocycles. The van der Waals surface area contributed by atoms with Gasteiger partial charge < -0.3 is 14.9 Å². The minimum absolute atomic E-state index is 0.0325. The Hall–Kier alpha value is -1.98. The summed E-state index contributed by atoms with van der Waals surface area (Å²) < 4.78 is 5.96. The minimum Gasteiger partial charge on any atom is -0.465 e. The van der Waals surface area contributed by atoms with Gasteiger partial charge >= 0.3 is 0 Å². The third kappa shape index (κ3) is 1.61. The van der Waals surface area contributed by atoms with E-state index in [1.165, 1.54) is 0 Å². The zero-order valence-corrected chi connectivity index (χ0v) is 13.8. The van der Waals surface area contributed by atoms with Crippen molar-refractivity contribution < 1.29 is 24.5 Å². The number of aliphatic hydroxyl groups excluding tert-OH is 1. The first-order chi connectivity index (χ1) is 12.0.